The van der Waals surface area contributed by atoms with Crippen LogP contribution in [-0.2, 0) is 35.9 Å². The molecule has 3 rings (SSSR count). The molecule has 0 bridgehead atoms. The molecule has 0 saturated heterocycles. The van der Waals surface area contributed by atoms with Crippen LogP contribution in [-0.4, -0.2) is 4.21 Å². The maximum Gasteiger partial charge on any atom is 0.0574 e. The molecule has 1 aliphatic carbocycles. The van der Waals surface area contributed by atoms with Crippen LogP contribution in [0.15, 0.2) is 41.3 Å². The first-order chi connectivity index (χ1) is 10.2. The fourth-order valence-corrected chi connectivity index (χ4v) is 4.23. The number of hydrogen-bond acceptors (Lipinski definition) is 2. The van der Waals surface area contributed by atoms with E-state index in [1.165, 1.54) is 29.5 Å². The topological polar surface area (TPSA) is 43.1 Å². The first kappa shape index (κ1) is 14.5. The molecule has 3 heteroatoms. The second kappa shape index (κ2) is 6.12. The molecule has 1 aliphatic rings. The van der Waals surface area contributed by atoms with Gasteiger partial charge in [0.25, 0.3) is 0 Å². The van der Waals surface area contributed by atoms with Crippen molar-refractivity contribution in [1.29, 1.82) is 0 Å². The third-order valence-electron chi connectivity index (χ3n) is 4.26. The summed E-state index contributed by atoms with van der Waals surface area (Å²) in [5.74, 6) is 0.579. The molecule has 0 radical (unpaired) electrons. The van der Waals surface area contributed by atoms with E-state index in [1.54, 1.807) is 0 Å². The minimum Gasteiger partial charge on any atom is -0.326 e. The number of benzene rings is 2. The van der Waals surface area contributed by atoms with Crippen LogP contribution < -0.4 is 5.73 Å². The second-order valence-electron chi connectivity index (χ2n) is 5.74. The van der Waals surface area contributed by atoms with Crippen LogP contribution in [0.5, 0.6) is 0 Å². The van der Waals surface area contributed by atoms with Crippen LogP contribution in [0.3, 0.4) is 0 Å². The van der Waals surface area contributed by atoms with E-state index in [2.05, 4.69) is 31.2 Å². The highest BCUT2D eigenvalue weighted by Gasteiger charge is 2.14. The largest absolute Gasteiger partial charge is 0.326 e. The van der Waals surface area contributed by atoms with Crippen molar-refractivity contribution in [3.8, 4) is 0 Å². The summed E-state index contributed by atoms with van der Waals surface area (Å²) in [6, 6.07) is 12.5. The molecular formula is C18H21NOS. The van der Waals surface area contributed by atoms with E-state index in [4.69, 9.17) is 5.73 Å². The molecule has 0 aliphatic heterocycles. The van der Waals surface area contributed by atoms with Crippen LogP contribution in [0.1, 0.15) is 34.2 Å². The van der Waals surface area contributed by atoms with Crippen LogP contribution >= 0.6 is 0 Å². The molecular weight excluding hydrogens is 278 g/mol. The molecule has 1 atom stereocenters. The Hall–Kier alpha value is -1.45. The highest BCUT2D eigenvalue weighted by molar-refractivity contribution is 7.84. The first-order valence-corrected chi connectivity index (χ1v) is 8.78. The Kier molecular flexibility index (Phi) is 4.22. The van der Waals surface area contributed by atoms with Crippen molar-refractivity contribution in [3.05, 3.63) is 64.2 Å². The predicted octanol–water partition coefficient (Wildman–Crippen LogP) is 3.25. The molecule has 2 N–H and O–H groups in total. The standard InChI is InChI=1S/C18H21NOS/c1-13-9-14(11-19)5-6-17(13)12-21(20)18-8-7-15-3-2-4-16(15)10-18/h5-10H,2-4,11-12,19H2,1H3. The summed E-state index contributed by atoms with van der Waals surface area (Å²) in [6.45, 7) is 2.61. The van der Waals surface area contributed by atoms with Gasteiger partial charge in [-0.05, 0) is 66.1 Å². The van der Waals surface area contributed by atoms with E-state index < -0.39 is 10.8 Å². The Morgan fingerprint density at radius 3 is 2.67 bits per heavy atom. The van der Waals surface area contributed by atoms with E-state index >= 15 is 0 Å². The number of hydrogen-bond donors (Lipinski definition) is 1. The van der Waals surface area contributed by atoms with Gasteiger partial charge in [0.15, 0.2) is 0 Å². The highest BCUT2D eigenvalue weighted by Crippen LogP contribution is 2.25. The number of fused-ring (bicyclic) bond motifs is 1. The summed E-state index contributed by atoms with van der Waals surface area (Å²) in [7, 11) is -0.977. The maximum absolute atomic E-state index is 12.6. The van der Waals surface area contributed by atoms with Crippen LogP contribution in [0, 0.1) is 6.92 Å². The summed E-state index contributed by atoms with van der Waals surface area (Å²) in [5.41, 5.74) is 11.9. The summed E-state index contributed by atoms with van der Waals surface area (Å²) < 4.78 is 12.6. The van der Waals surface area contributed by atoms with Crippen molar-refractivity contribution in [2.45, 2.75) is 43.4 Å². The quantitative estimate of drug-likeness (QED) is 0.941. The molecule has 2 aromatic carbocycles. The van der Waals surface area contributed by atoms with Crippen LogP contribution in [0.4, 0.5) is 0 Å². The lowest BCUT2D eigenvalue weighted by atomic mass is 10.1. The second-order valence-corrected chi connectivity index (χ2v) is 7.19. The molecule has 0 heterocycles. The van der Waals surface area contributed by atoms with E-state index in [9.17, 15) is 4.21 Å². The van der Waals surface area contributed by atoms with E-state index in [1.807, 2.05) is 12.1 Å². The fourth-order valence-electron chi connectivity index (χ4n) is 2.96. The van der Waals surface area contributed by atoms with Crippen molar-refractivity contribution < 1.29 is 4.21 Å². The Labute approximate surface area is 128 Å². The Bertz CT molecular complexity index is 694. The Morgan fingerprint density at radius 1 is 1.10 bits per heavy atom. The van der Waals surface area contributed by atoms with Gasteiger partial charge in [-0.3, -0.25) is 4.21 Å². The SMILES string of the molecule is Cc1cc(CN)ccc1CS(=O)c1ccc2c(c1)CCC2. The summed E-state index contributed by atoms with van der Waals surface area (Å²) >= 11 is 0. The zero-order valence-corrected chi connectivity index (χ0v) is 13.2. The van der Waals surface area contributed by atoms with Gasteiger partial charge in [0.05, 0.1) is 16.6 Å². The third kappa shape index (κ3) is 3.09. The number of nitrogens with two attached hydrogens (primary N) is 1. The van der Waals surface area contributed by atoms with Crippen molar-refractivity contribution in [2.24, 2.45) is 5.73 Å². The molecule has 110 valence electrons. The predicted molar refractivity (Wildman–Crippen MR) is 87.6 cm³/mol. The molecule has 0 saturated carbocycles. The van der Waals surface area contributed by atoms with Crippen molar-refractivity contribution in [1.82, 2.24) is 0 Å². The molecule has 0 spiro atoms. The van der Waals surface area contributed by atoms with Gasteiger partial charge in [-0.15, -0.1) is 0 Å². The van der Waals surface area contributed by atoms with Crippen molar-refractivity contribution >= 4 is 10.8 Å². The molecule has 0 aromatic heterocycles. The van der Waals surface area contributed by atoms with Crippen molar-refractivity contribution in [2.75, 3.05) is 0 Å². The molecule has 1 unspecified atom stereocenters. The zero-order valence-electron chi connectivity index (χ0n) is 12.4. The van der Waals surface area contributed by atoms with E-state index in [-0.39, 0.29) is 0 Å². The average Bonchev–Trinajstić information content (AvgIpc) is 2.96. The van der Waals surface area contributed by atoms with Crippen LogP contribution in [0.2, 0.25) is 0 Å². The summed E-state index contributed by atoms with van der Waals surface area (Å²) in [4.78, 5) is 0.956. The summed E-state index contributed by atoms with van der Waals surface area (Å²) in [6.07, 6.45) is 3.53. The lowest BCUT2D eigenvalue weighted by molar-refractivity contribution is 0.682. The van der Waals surface area contributed by atoms with Gasteiger partial charge in [0.1, 0.15) is 0 Å². The lowest BCUT2D eigenvalue weighted by Crippen LogP contribution is -2.02. The normalized spacial score (nSPS) is 15.0. The Morgan fingerprint density at radius 2 is 1.90 bits per heavy atom. The molecule has 2 aromatic rings. The Balaban J connectivity index is 1.80. The van der Waals surface area contributed by atoms with Gasteiger partial charge < -0.3 is 5.73 Å². The molecule has 0 amide bonds. The van der Waals surface area contributed by atoms with Gasteiger partial charge >= 0.3 is 0 Å². The lowest BCUT2D eigenvalue weighted by Gasteiger charge is -2.09. The molecule has 2 nitrogen and oxygen atoms in total. The first-order valence-electron chi connectivity index (χ1n) is 7.46. The van der Waals surface area contributed by atoms with Gasteiger partial charge in [-0.25, -0.2) is 0 Å². The molecule has 21 heavy (non-hydrogen) atoms. The van der Waals surface area contributed by atoms with Gasteiger partial charge in [-0.1, -0.05) is 24.3 Å². The fraction of sp³-hybridized carbons (Fsp3) is 0.333. The third-order valence-corrected chi connectivity index (χ3v) is 5.62. The van der Waals surface area contributed by atoms with Crippen LogP contribution in [0.25, 0.3) is 0 Å². The van der Waals surface area contributed by atoms with E-state index in [0.717, 1.165) is 22.4 Å². The zero-order chi connectivity index (χ0) is 14.8. The smallest absolute Gasteiger partial charge is 0.0574 e. The summed E-state index contributed by atoms with van der Waals surface area (Å²) in [5, 5.41) is 0. The minimum absolute atomic E-state index is 0.551. The number of aryl methyl sites for hydroxylation is 3. The number of rotatable bonds is 4. The minimum atomic E-state index is -0.977. The average molecular weight is 299 g/mol. The monoisotopic (exact) mass is 299 g/mol. The van der Waals surface area contributed by atoms with Crippen molar-refractivity contribution in [3.63, 3.8) is 0 Å². The molecule has 0 fully saturated rings. The highest BCUT2D eigenvalue weighted by atomic mass is 32.2. The van der Waals surface area contributed by atoms with Gasteiger partial charge in [0.2, 0.25) is 0 Å². The van der Waals surface area contributed by atoms with E-state index in [0.29, 0.717) is 12.3 Å². The van der Waals surface area contributed by atoms with Gasteiger partial charge in [0, 0.05) is 11.4 Å². The van der Waals surface area contributed by atoms with Gasteiger partial charge in [-0.2, -0.15) is 0 Å². The maximum atomic E-state index is 12.6.